The zero-order valence-corrected chi connectivity index (χ0v) is 25.2. The molecule has 2 aromatic carbocycles. The Bertz CT molecular complexity index is 1040. The molecule has 0 unspecified atom stereocenters. The van der Waals surface area contributed by atoms with Crippen molar-refractivity contribution in [3.8, 4) is 0 Å². The Balaban J connectivity index is 2.48. The fraction of sp³-hybridized carbons (Fsp3) is 0.562. The SMILES string of the molecule is Cc1ccc(C(C)C)cc1C(CCCNCCCNC(=O)O)(NCCCNC(=O)O)c1cc(C(C)C)ccc1C. The zero-order valence-electron chi connectivity index (χ0n) is 25.2. The Morgan fingerprint density at radius 1 is 0.700 bits per heavy atom. The van der Waals surface area contributed by atoms with Crippen LogP contribution in [0.4, 0.5) is 9.59 Å². The van der Waals surface area contributed by atoms with Crippen molar-refractivity contribution in [2.24, 2.45) is 0 Å². The lowest BCUT2D eigenvalue weighted by atomic mass is 9.73. The van der Waals surface area contributed by atoms with Crippen LogP contribution in [0.5, 0.6) is 0 Å². The molecule has 0 bridgehead atoms. The maximum atomic E-state index is 11.0. The first-order valence-electron chi connectivity index (χ1n) is 14.6. The minimum atomic E-state index is -1.00. The molecule has 40 heavy (non-hydrogen) atoms. The van der Waals surface area contributed by atoms with Crippen LogP contribution in [-0.4, -0.2) is 55.1 Å². The highest BCUT2D eigenvalue weighted by Crippen LogP contribution is 2.40. The number of hydrogen-bond acceptors (Lipinski definition) is 4. The van der Waals surface area contributed by atoms with Gasteiger partial charge < -0.3 is 31.5 Å². The molecule has 2 amide bonds. The van der Waals surface area contributed by atoms with Crippen molar-refractivity contribution in [3.05, 3.63) is 69.8 Å². The quantitative estimate of drug-likeness (QED) is 0.132. The second-order valence-corrected chi connectivity index (χ2v) is 11.3. The number of nitrogens with one attached hydrogen (secondary N) is 4. The van der Waals surface area contributed by atoms with Gasteiger partial charge in [-0.05, 0) is 104 Å². The summed E-state index contributed by atoms with van der Waals surface area (Å²) in [6, 6.07) is 13.6. The Morgan fingerprint density at radius 2 is 1.15 bits per heavy atom. The summed E-state index contributed by atoms with van der Waals surface area (Å²) in [5.74, 6) is 0.780. The van der Waals surface area contributed by atoms with Crippen molar-refractivity contribution >= 4 is 12.2 Å². The van der Waals surface area contributed by atoms with Gasteiger partial charge in [0.05, 0.1) is 5.54 Å². The highest BCUT2D eigenvalue weighted by Gasteiger charge is 2.36. The lowest BCUT2D eigenvalue weighted by molar-refractivity contribution is 0.193. The second-order valence-electron chi connectivity index (χ2n) is 11.3. The van der Waals surface area contributed by atoms with Gasteiger partial charge in [-0.3, -0.25) is 0 Å². The predicted octanol–water partition coefficient (Wildman–Crippen LogP) is 6.07. The summed E-state index contributed by atoms with van der Waals surface area (Å²) >= 11 is 0. The van der Waals surface area contributed by atoms with Crippen molar-refractivity contribution in [3.63, 3.8) is 0 Å². The van der Waals surface area contributed by atoms with Crippen molar-refractivity contribution < 1.29 is 19.8 Å². The lowest BCUT2D eigenvalue weighted by Gasteiger charge is -2.40. The molecule has 0 spiro atoms. The van der Waals surface area contributed by atoms with E-state index in [1.165, 1.54) is 33.4 Å². The zero-order chi connectivity index (χ0) is 29.7. The lowest BCUT2D eigenvalue weighted by Crippen LogP contribution is -2.46. The number of hydrogen-bond donors (Lipinski definition) is 6. The summed E-state index contributed by atoms with van der Waals surface area (Å²) in [4.78, 5) is 21.7. The third kappa shape index (κ3) is 9.82. The van der Waals surface area contributed by atoms with E-state index in [0.717, 1.165) is 32.4 Å². The van der Waals surface area contributed by atoms with E-state index in [1.807, 2.05) is 0 Å². The highest BCUT2D eigenvalue weighted by atomic mass is 16.4. The van der Waals surface area contributed by atoms with E-state index in [2.05, 4.69) is 99.2 Å². The van der Waals surface area contributed by atoms with Crippen molar-refractivity contribution in [2.75, 3.05) is 32.7 Å². The maximum absolute atomic E-state index is 11.0. The van der Waals surface area contributed by atoms with Crippen LogP contribution < -0.4 is 21.3 Å². The molecule has 0 aliphatic carbocycles. The van der Waals surface area contributed by atoms with Gasteiger partial charge in [-0.1, -0.05) is 64.1 Å². The first-order valence-corrected chi connectivity index (χ1v) is 14.6. The Hall–Kier alpha value is -3.10. The predicted molar refractivity (Wildman–Crippen MR) is 163 cm³/mol. The van der Waals surface area contributed by atoms with E-state index in [9.17, 15) is 9.59 Å². The van der Waals surface area contributed by atoms with Crippen LogP contribution in [0.2, 0.25) is 0 Å². The molecule has 0 fully saturated rings. The molecule has 0 atom stereocenters. The van der Waals surface area contributed by atoms with Gasteiger partial charge in [0.1, 0.15) is 0 Å². The van der Waals surface area contributed by atoms with Gasteiger partial charge in [0, 0.05) is 13.1 Å². The van der Waals surface area contributed by atoms with E-state index in [0.29, 0.717) is 37.9 Å². The average molecular weight is 555 g/mol. The first kappa shape index (κ1) is 33.1. The van der Waals surface area contributed by atoms with Crippen molar-refractivity contribution in [1.29, 1.82) is 0 Å². The topological polar surface area (TPSA) is 123 Å². The molecule has 0 aliphatic heterocycles. The first-order chi connectivity index (χ1) is 19.0. The van der Waals surface area contributed by atoms with Crippen LogP contribution in [0.1, 0.15) is 98.6 Å². The molecule has 0 radical (unpaired) electrons. The average Bonchev–Trinajstić information content (AvgIpc) is 2.89. The smallest absolute Gasteiger partial charge is 0.404 e. The van der Waals surface area contributed by atoms with Crippen LogP contribution in [-0.2, 0) is 5.54 Å². The van der Waals surface area contributed by atoms with Gasteiger partial charge in [0.25, 0.3) is 0 Å². The van der Waals surface area contributed by atoms with E-state index in [-0.39, 0.29) is 0 Å². The summed E-state index contributed by atoms with van der Waals surface area (Å²) in [5.41, 5.74) is 7.10. The molecular weight excluding hydrogens is 504 g/mol. The number of amides is 2. The summed E-state index contributed by atoms with van der Waals surface area (Å²) in [5, 5.41) is 30.1. The Morgan fingerprint density at radius 3 is 1.60 bits per heavy atom. The number of rotatable bonds is 17. The molecule has 222 valence electrons. The van der Waals surface area contributed by atoms with Crippen molar-refractivity contribution in [2.45, 2.75) is 84.6 Å². The fourth-order valence-electron chi connectivity index (χ4n) is 5.21. The standard InChI is InChI=1S/C32H50N4O4/c1-22(2)26-12-10-24(5)28(20-26)32(36-19-9-18-35-31(39)40,14-7-15-33-16-8-17-34-30(37)38)29-21-27(23(3)4)13-11-25(29)6/h10-13,20-23,33-36H,7-9,14-19H2,1-6H3,(H,37,38)(H,39,40). The van der Waals surface area contributed by atoms with Gasteiger partial charge in [-0.15, -0.1) is 0 Å². The monoisotopic (exact) mass is 554 g/mol. The maximum Gasteiger partial charge on any atom is 0.404 e. The Labute approximate surface area is 240 Å². The third-order valence-electron chi connectivity index (χ3n) is 7.54. The normalized spacial score (nSPS) is 11.7. The van der Waals surface area contributed by atoms with E-state index >= 15 is 0 Å². The summed E-state index contributed by atoms with van der Waals surface area (Å²) in [7, 11) is 0. The summed E-state index contributed by atoms with van der Waals surface area (Å²) < 4.78 is 0. The van der Waals surface area contributed by atoms with Crippen LogP contribution >= 0.6 is 0 Å². The van der Waals surface area contributed by atoms with Gasteiger partial charge in [0.15, 0.2) is 0 Å². The molecule has 0 aliphatic rings. The molecule has 2 aromatic rings. The van der Waals surface area contributed by atoms with E-state index < -0.39 is 17.7 Å². The van der Waals surface area contributed by atoms with Crippen LogP contribution in [0, 0.1) is 13.8 Å². The van der Waals surface area contributed by atoms with Gasteiger partial charge >= 0.3 is 12.2 Å². The minimum absolute atomic E-state index is 0.389. The molecule has 0 saturated heterocycles. The largest absolute Gasteiger partial charge is 0.465 e. The van der Waals surface area contributed by atoms with Gasteiger partial charge in [-0.25, -0.2) is 9.59 Å². The molecule has 0 saturated carbocycles. The summed E-state index contributed by atoms with van der Waals surface area (Å²) in [6.45, 7) is 16.3. The minimum Gasteiger partial charge on any atom is -0.465 e. The highest BCUT2D eigenvalue weighted by molar-refractivity contribution is 5.64. The molecule has 8 heteroatoms. The van der Waals surface area contributed by atoms with Gasteiger partial charge in [0.2, 0.25) is 0 Å². The van der Waals surface area contributed by atoms with E-state index in [4.69, 9.17) is 10.2 Å². The third-order valence-corrected chi connectivity index (χ3v) is 7.54. The molecule has 6 N–H and O–H groups in total. The molecule has 8 nitrogen and oxygen atoms in total. The molecule has 0 aromatic heterocycles. The number of benzene rings is 2. The number of carbonyl (C=O) groups is 2. The molecule has 0 heterocycles. The van der Waals surface area contributed by atoms with Crippen LogP contribution in [0.15, 0.2) is 36.4 Å². The molecular formula is C32H50N4O4. The van der Waals surface area contributed by atoms with E-state index in [1.54, 1.807) is 0 Å². The summed E-state index contributed by atoms with van der Waals surface area (Å²) in [6.07, 6.45) is 1.17. The molecule has 2 rings (SSSR count). The number of carboxylic acid groups (broad SMARTS) is 2. The number of aryl methyl sites for hydroxylation is 2. The van der Waals surface area contributed by atoms with Crippen molar-refractivity contribution in [1.82, 2.24) is 21.3 Å². The van der Waals surface area contributed by atoms with Gasteiger partial charge in [-0.2, -0.15) is 0 Å². The second kappa shape index (κ2) is 16.2. The Kier molecular flexibility index (Phi) is 13.4. The van der Waals surface area contributed by atoms with Crippen LogP contribution in [0.25, 0.3) is 0 Å². The fourth-order valence-corrected chi connectivity index (χ4v) is 5.21. The van der Waals surface area contributed by atoms with Crippen LogP contribution in [0.3, 0.4) is 0 Å².